The minimum atomic E-state index is -0.458. The summed E-state index contributed by atoms with van der Waals surface area (Å²) in [6.45, 7) is 33.2. The van der Waals surface area contributed by atoms with E-state index in [1.165, 1.54) is 44.3 Å². The van der Waals surface area contributed by atoms with Gasteiger partial charge in [0.15, 0.2) is 0 Å². The van der Waals surface area contributed by atoms with Gasteiger partial charge in [0.1, 0.15) is 11.3 Å². The van der Waals surface area contributed by atoms with Gasteiger partial charge in [0.05, 0.1) is 44.8 Å². The molecule has 0 atom stereocenters. The molecular formula is C48H52N6. The van der Waals surface area contributed by atoms with Crippen molar-refractivity contribution >= 4 is 54.9 Å². The molecule has 0 N–H and O–H groups in total. The molecule has 6 aromatic heterocycles. The molecule has 0 amide bonds. The zero-order valence-corrected chi connectivity index (χ0v) is 34.5. The van der Waals surface area contributed by atoms with Crippen molar-refractivity contribution in [3.05, 3.63) is 106 Å². The Balaban J connectivity index is 1.35. The van der Waals surface area contributed by atoms with Crippen LogP contribution in [0, 0.1) is 13.8 Å². The van der Waals surface area contributed by atoms with Gasteiger partial charge in [0.2, 0.25) is 0 Å². The molecule has 0 bridgehead atoms. The topological polar surface area (TPSA) is 60.4 Å². The minimum absolute atomic E-state index is 0.178. The molecule has 8 aromatic rings. The van der Waals surface area contributed by atoms with E-state index in [4.69, 9.17) is 19.9 Å². The van der Waals surface area contributed by atoms with Crippen LogP contribution in [0.2, 0.25) is 0 Å². The first-order valence-corrected chi connectivity index (χ1v) is 19.7. The van der Waals surface area contributed by atoms with Crippen LogP contribution >= 0.6 is 0 Å². The number of rotatable bonds is 3. The second-order valence-electron chi connectivity index (χ2n) is 19.8. The Morgan fingerprint density at radius 2 is 0.815 bits per heavy atom. The number of para-hydroxylation sites is 2. The lowest BCUT2D eigenvalue weighted by molar-refractivity contribution is 0.243. The summed E-state index contributed by atoms with van der Waals surface area (Å²) in [7, 11) is 0. The number of pyridine rings is 4. The Labute approximate surface area is 318 Å². The zero-order valence-electron chi connectivity index (χ0n) is 34.5. The molecule has 0 radical (unpaired) electrons. The fourth-order valence-corrected chi connectivity index (χ4v) is 10.4. The summed E-state index contributed by atoms with van der Waals surface area (Å²) in [5.41, 5.74) is 14.4. The number of fused-ring (bicyclic) bond motifs is 6. The number of hydrogen-bond donors (Lipinski definition) is 0. The number of benzene rings is 2. The third kappa shape index (κ3) is 3.55. The number of aryl methyl sites for hydroxylation is 2. The Morgan fingerprint density at radius 3 is 1.19 bits per heavy atom. The first kappa shape index (κ1) is 33.7. The van der Waals surface area contributed by atoms with Crippen molar-refractivity contribution in [1.29, 1.82) is 0 Å². The summed E-state index contributed by atoms with van der Waals surface area (Å²) in [4.78, 5) is 22.0. The second kappa shape index (κ2) is 9.69. The van der Waals surface area contributed by atoms with Gasteiger partial charge in [-0.2, -0.15) is 0 Å². The van der Waals surface area contributed by atoms with Gasteiger partial charge in [-0.3, -0.25) is 18.8 Å². The first-order chi connectivity index (χ1) is 25.2. The smallest absolute Gasteiger partial charge is 0.147 e. The van der Waals surface area contributed by atoms with Gasteiger partial charge in [-0.05, 0) is 49.2 Å². The van der Waals surface area contributed by atoms with Gasteiger partial charge in [-0.1, -0.05) is 119 Å². The fourth-order valence-electron chi connectivity index (χ4n) is 10.4. The maximum Gasteiger partial charge on any atom is 0.147 e. The minimum Gasteiger partial charge on any atom is -0.295 e. The molecular weight excluding hydrogens is 661 g/mol. The van der Waals surface area contributed by atoms with Crippen molar-refractivity contribution in [2.24, 2.45) is 0 Å². The summed E-state index contributed by atoms with van der Waals surface area (Å²) >= 11 is 0. The largest absolute Gasteiger partial charge is 0.295 e. The molecule has 0 saturated heterocycles. The maximum atomic E-state index is 5.82. The zero-order chi connectivity index (χ0) is 38.4. The molecule has 54 heavy (non-hydrogen) atoms. The Hall–Kier alpha value is -4.84. The molecule has 10 rings (SSSR count). The molecule has 2 aliphatic heterocycles. The summed E-state index contributed by atoms with van der Waals surface area (Å²) in [5.74, 6) is 0. The number of aromatic nitrogens is 6. The third-order valence-corrected chi connectivity index (χ3v) is 15.7. The molecule has 274 valence electrons. The number of hydrogen-bond acceptors (Lipinski definition) is 4. The predicted molar refractivity (Wildman–Crippen MR) is 224 cm³/mol. The highest BCUT2D eigenvalue weighted by atomic mass is 15.1. The van der Waals surface area contributed by atoms with Crippen LogP contribution in [0.5, 0.6) is 0 Å². The highest BCUT2D eigenvalue weighted by Crippen LogP contribution is 2.58. The molecule has 2 aromatic carbocycles. The number of nitrogens with zero attached hydrogens (tertiary/aromatic N) is 6. The standard InChI is InChI=1S/C48H52N6/c1-25-21-23-29-33(49-25)27-17-15-19-31-35(27)53-39(47(11,12)43(31,3)4)37(51-41(29)53)45(7,8)46(9,10)38-40-48(13,14)44(5,6)32-20-16-18-28-34-30(24-22-26(2)50-34)42(52-38)54(40)36(28)32/h15-24H,1-14H3. The summed E-state index contributed by atoms with van der Waals surface area (Å²) < 4.78 is 5.04. The van der Waals surface area contributed by atoms with Gasteiger partial charge < -0.3 is 0 Å². The fraction of sp³-hybridized carbons (Fsp3) is 0.417. The molecule has 0 spiro atoms. The van der Waals surface area contributed by atoms with Crippen LogP contribution in [0.4, 0.5) is 0 Å². The van der Waals surface area contributed by atoms with E-state index in [9.17, 15) is 0 Å². The first-order valence-electron chi connectivity index (χ1n) is 19.7. The molecule has 0 aliphatic carbocycles. The van der Waals surface area contributed by atoms with E-state index in [0.29, 0.717) is 0 Å². The van der Waals surface area contributed by atoms with E-state index in [1.54, 1.807) is 0 Å². The van der Waals surface area contributed by atoms with Gasteiger partial charge >= 0.3 is 0 Å². The average Bonchev–Trinajstić information content (AvgIpc) is 3.73. The van der Waals surface area contributed by atoms with Crippen LogP contribution in [-0.4, -0.2) is 28.7 Å². The van der Waals surface area contributed by atoms with Crippen LogP contribution in [0.3, 0.4) is 0 Å². The van der Waals surface area contributed by atoms with Crippen LogP contribution in [0.25, 0.3) is 54.9 Å². The molecule has 0 saturated carbocycles. The van der Waals surface area contributed by atoms with E-state index in [1.807, 2.05) is 0 Å². The predicted octanol–water partition coefficient (Wildman–Crippen LogP) is 11.4. The second-order valence-corrected chi connectivity index (χ2v) is 19.8. The molecule has 8 heterocycles. The molecule has 6 nitrogen and oxygen atoms in total. The molecule has 2 aliphatic rings. The van der Waals surface area contributed by atoms with E-state index in [2.05, 4.69) is 166 Å². The number of imidazole rings is 2. The van der Waals surface area contributed by atoms with Crippen molar-refractivity contribution < 1.29 is 0 Å². The lowest BCUT2D eigenvalue weighted by atomic mass is 9.55. The van der Waals surface area contributed by atoms with Crippen molar-refractivity contribution in [2.45, 2.75) is 129 Å². The Kier molecular flexibility index (Phi) is 6.05. The lowest BCUT2D eigenvalue weighted by Gasteiger charge is -2.50. The Morgan fingerprint density at radius 1 is 0.444 bits per heavy atom. The highest BCUT2D eigenvalue weighted by Gasteiger charge is 2.56. The lowest BCUT2D eigenvalue weighted by Crippen LogP contribution is -2.50. The van der Waals surface area contributed by atoms with Crippen LogP contribution in [0.1, 0.15) is 128 Å². The van der Waals surface area contributed by atoms with Gasteiger partial charge in [0, 0.05) is 65.4 Å². The quantitative estimate of drug-likeness (QED) is 0.171. The normalized spacial score (nSPS) is 18.4. The molecule has 6 heteroatoms. The summed E-state index contributed by atoms with van der Waals surface area (Å²) in [5, 5.41) is 4.58. The van der Waals surface area contributed by atoms with Gasteiger partial charge in [-0.25, -0.2) is 9.97 Å². The monoisotopic (exact) mass is 712 g/mol. The van der Waals surface area contributed by atoms with Gasteiger partial charge in [0.25, 0.3) is 0 Å². The average molecular weight is 713 g/mol. The van der Waals surface area contributed by atoms with E-state index in [-0.39, 0.29) is 21.7 Å². The molecule has 0 unspecified atom stereocenters. The Bertz CT molecular complexity index is 2810. The summed E-state index contributed by atoms with van der Waals surface area (Å²) in [6.07, 6.45) is 0. The van der Waals surface area contributed by atoms with Crippen molar-refractivity contribution in [3.8, 4) is 0 Å². The van der Waals surface area contributed by atoms with E-state index in [0.717, 1.165) is 55.9 Å². The SMILES string of the molecule is Cc1ccc2c(n1)c1cccc3c1n1c(c(C(C)(C)C(C)(C)c4nc5c6ccc(C)nc6c6cccc7c6n5c4C(C)(C)C7(C)C)nc21)C(C)(C)C3(C)C. The van der Waals surface area contributed by atoms with Crippen molar-refractivity contribution in [3.63, 3.8) is 0 Å². The maximum absolute atomic E-state index is 5.82. The van der Waals surface area contributed by atoms with Crippen LogP contribution in [-0.2, 0) is 32.5 Å². The van der Waals surface area contributed by atoms with Crippen LogP contribution < -0.4 is 0 Å². The molecule has 0 fully saturated rings. The highest BCUT2D eigenvalue weighted by molar-refractivity contribution is 6.12. The summed E-state index contributed by atoms with van der Waals surface area (Å²) in [6, 6.07) is 22.3. The third-order valence-electron chi connectivity index (χ3n) is 15.7. The van der Waals surface area contributed by atoms with Crippen LogP contribution in [0.15, 0.2) is 60.7 Å². The van der Waals surface area contributed by atoms with Crippen molar-refractivity contribution in [1.82, 2.24) is 28.7 Å². The van der Waals surface area contributed by atoms with E-state index >= 15 is 0 Å². The van der Waals surface area contributed by atoms with Gasteiger partial charge in [-0.15, -0.1) is 0 Å². The van der Waals surface area contributed by atoms with E-state index < -0.39 is 10.8 Å². The van der Waals surface area contributed by atoms with Crippen molar-refractivity contribution in [2.75, 3.05) is 0 Å².